The lowest BCUT2D eigenvalue weighted by molar-refractivity contribution is 0.0735. The third kappa shape index (κ3) is 6.10. The number of rotatable bonds is 8. The van der Waals surface area contributed by atoms with E-state index >= 15 is 0 Å². The van der Waals surface area contributed by atoms with Crippen LogP contribution in [0.1, 0.15) is 25.7 Å². The van der Waals surface area contributed by atoms with Gasteiger partial charge in [-0.1, -0.05) is 12.8 Å². The summed E-state index contributed by atoms with van der Waals surface area (Å²) in [5.41, 5.74) is 0. The first-order valence-electron chi connectivity index (χ1n) is 6.48. The Morgan fingerprint density at radius 1 is 1.06 bits per heavy atom. The number of nitrogens with one attached hydrogen (secondary N) is 1. The van der Waals surface area contributed by atoms with E-state index in [0.717, 1.165) is 25.7 Å². The molecular weight excluding hydrogens is 256 g/mol. The van der Waals surface area contributed by atoms with Crippen LogP contribution in [0.3, 0.4) is 0 Å². The van der Waals surface area contributed by atoms with Crippen molar-refractivity contribution in [2.45, 2.75) is 25.7 Å². The average molecular weight is 280 g/mol. The summed E-state index contributed by atoms with van der Waals surface area (Å²) in [6, 6.07) is 0. The molecule has 1 aliphatic rings. The highest BCUT2D eigenvalue weighted by Crippen LogP contribution is 2.11. The number of ether oxygens (including phenoxy) is 2. The normalized spacial score (nSPS) is 18.7. The van der Waals surface area contributed by atoms with Gasteiger partial charge in [-0.2, -0.15) is 17.4 Å². The first kappa shape index (κ1) is 15.8. The molecule has 7 heteroatoms. The van der Waals surface area contributed by atoms with E-state index in [-0.39, 0.29) is 0 Å². The maximum absolute atomic E-state index is 12.0. The largest absolute Gasteiger partial charge is 0.382 e. The fourth-order valence-corrected chi connectivity index (χ4v) is 3.12. The van der Waals surface area contributed by atoms with Gasteiger partial charge in [0.2, 0.25) is 0 Å². The Morgan fingerprint density at radius 2 is 1.72 bits per heavy atom. The summed E-state index contributed by atoms with van der Waals surface area (Å²) in [7, 11) is -1.72. The molecule has 18 heavy (non-hydrogen) atoms. The molecule has 1 N–H and O–H groups in total. The van der Waals surface area contributed by atoms with Gasteiger partial charge in [-0.25, -0.2) is 0 Å². The fourth-order valence-electron chi connectivity index (χ4n) is 1.86. The van der Waals surface area contributed by atoms with E-state index in [9.17, 15) is 8.42 Å². The predicted molar refractivity (Wildman–Crippen MR) is 69.7 cm³/mol. The zero-order chi connectivity index (χ0) is 13.3. The van der Waals surface area contributed by atoms with Crippen LogP contribution in [0.5, 0.6) is 0 Å². The van der Waals surface area contributed by atoms with Crippen molar-refractivity contribution < 1.29 is 17.9 Å². The summed E-state index contributed by atoms with van der Waals surface area (Å²) in [6.07, 6.45) is 4.13. The van der Waals surface area contributed by atoms with Crippen molar-refractivity contribution >= 4 is 10.2 Å². The highest BCUT2D eigenvalue weighted by atomic mass is 32.2. The molecule has 108 valence electrons. The van der Waals surface area contributed by atoms with Gasteiger partial charge in [-0.3, -0.25) is 0 Å². The zero-order valence-corrected chi connectivity index (χ0v) is 11.9. The van der Waals surface area contributed by atoms with Gasteiger partial charge >= 0.3 is 0 Å². The molecule has 1 saturated heterocycles. The van der Waals surface area contributed by atoms with Crippen molar-refractivity contribution in [3.8, 4) is 0 Å². The summed E-state index contributed by atoms with van der Waals surface area (Å²) < 4.78 is 38.1. The van der Waals surface area contributed by atoms with Crippen molar-refractivity contribution in [3.63, 3.8) is 0 Å². The van der Waals surface area contributed by atoms with Crippen LogP contribution < -0.4 is 4.72 Å². The molecule has 0 aliphatic carbocycles. The van der Waals surface area contributed by atoms with Gasteiger partial charge in [0.15, 0.2) is 0 Å². The van der Waals surface area contributed by atoms with Crippen LogP contribution in [0.2, 0.25) is 0 Å². The Kier molecular flexibility index (Phi) is 7.76. The van der Waals surface area contributed by atoms with Crippen LogP contribution in [0, 0.1) is 0 Å². The third-order valence-electron chi connectivity index (χ3n) is 2.87. The van der Waals surface area contributed by atoms with Gasteiger partial charge in [-0.15, -0.1) is 0 Å². The standard InChI is InChI=1S/C11H24N2O4S/c1-16-10-11-17-9-6-12-18(14,15)13-7-4-2-3-5-8-13/h12H,2-11H2,1H3. The smallest absolute Gasteiger partial charge is 0.279 e. The molecule has 0 saturated carbocycles. The molecule has 0 atom stereocenters. The van der Waals surface area contributed by atoms with E-state index < -0.39 is 10.2 Å². The van der Waals surface area contributed by atoms with Crippen molar-refractivity contribution in [1.82, 2.24) is 9.03 Å². The third-order valence-corrected chi connectivity index (χ3v) is 4.48. The van der Waals surface area contributed by atoms with E-state index in [1.165, 1.54) is 4.31 Å². The van der Waals surface area contributed by atoms with Crippen molar-refractivity contribution in [1.29, 1.82) is 0 Å². The summed E-state index contributed by atoms with van der Waals surface area (Å²) in [5.74, 6) is 0. The maximum Gasteiger partial charge on any atom is 0.279 e. The number of methoxy groups -OCH3 is 1. The van der Waals surface area contributed by atoms with Crippen LogP contribution in [0.25, 0.3) is 0 Å². The van der Waals surface area contributed by atoms with E-state index in [1.807, 2.05) is 0 Å². The molecule has 1 rings (SSSR count). The van der Waals surface area contributed by atoms with Gasteiger partial charge in [0.25, 0.3) is 10.2 Å². The lowest BCUT2D eigenvalue weighted by Gasteiger charge is -2.20. The first-order chi connectivity index (χ1) is 8.67. The molecular formula is C11H24N2O4S. The minimum Gasteiger partial charge on any atom is -0.382 e. The molecule has 1 fully saturated rings. The lowest BCUT2D eigenvalue weighted by Crippen LogP contribution is -2.42. The summed E-state index contributed by atoms with van der Waals surface area (Å²) >= 11 is 0. The molecule has 0 amide bonds. The Balaban J connectivity index is 2.21. The zero-order valence-electron chi connectivity index (χ0n) is 11.1. The van der Waals surface area contributed by atoms with Crippen molar-refractivity contribution in [3.05, 3.63) is 0 Å². The molecule has 0 aromatic rings. The topological polar surface area (TPSA) is 67.9 Å². The quantitative estimate of drug-likeness (QED) is 0.652. The number of hydrogen-bond acceptors (Lipinski definition) is 4. The number of nitrogens with zero attached hydrogens (tertiary/aromatic N) is 1. The van der Waals surface area contributed by atoms with Crippen molar-refractivity contribution in [2.75, 3.05) is 46.6 Å². The Morgan fingerprint density at radius 3 is 2.33 bits per heavy atom. The SMILES string of the molecule is COCCOCCNS(=O)(=O)N1CCCCCC1. The maximum atomic E-state index is 12.0. The second kappa shape index (κ2) is 8.82. The molecule has 0 bridgehead atoms. The molecule has 0 radical (unpaired) electrons. The molecule has 1 aliphatic heterocycles. The van der Waals surface area contributed by atoms with E-state index in [2.05, 4.69) is 4.72 Å². The summed E-state index contributed by atoms with van der Waals surface area (Å²) in [5, 5.41) is 0. The predicted octanol–water partition coefficient (Wildman–Crippen LogP) is 0.360. The second-order valence-corrected chi connectivity index (χ2v) is 6.07. The molecule has 0 aromatic heterocycles. The van der Waals surface area contributed by atoms with Crippen LogP contribution in [0.15, 0.2) is 0 Å². The molecule has 0 unspecified atom stereocenters. The van der Waals surface area contributed by atoms with Crippen LogP contribution in [0.4, 0.5) is 0 Å². The fraction of sp³-hybridized carbons (Fsp3) is 1.00. The highest BCUT2D eigenvalue weighted by molar-refractivity contribution is 7.87. The highest BCUT2D eigenvalue weighted by Gasteiger charge is 2.21. The summed E-state index contributed by atoms with van der Waals surface area (Å²) in [6.45, 7) is 2.94. The van der Waals surface area contributed by atoms with Crippen LogP contribution in [-0.2, 0) is 19.7 Å². The molecule has 1 heterocycles. The average Bonchev–Trinajstić information content (AvgIpc) is 2.63. The first-order valence-corrected chi connectivity index (χ1v) is 7.92. The minimum absolute atomic E-state index is 0.308. The van der Waals surface area contributed by atoms with Gasteiger partial charge < -0.3 is 9.47 Å². The van der Waals surface area contributed by atoms with Gasteiger partial charge in [0.05, 0.1) is 19.8 Å². The van der Waals surface area contributed by atoms with Crippen LogP contribution >= 0.6 is 0 Å². The Labute approximate surface area is 110 Å². The van der Waals surface area contributed by atoms with Crippen LogP contribution in [-0.4, -0.2) is 59.3 Å². The molecule has 0 spiro atoms. The molecule has 6 nitrogen and oxygen atoms in total. The lowest BCUT2D eigenvalue weighted by atomic mass is 10.2. The minimum atomic E-state index is -3.33. The monoisotopic (exact) mass is 280 g/mol. The van der Waals surface area contributed by atoms with E-state index in [0.29, 0.717) is 39.5 Å². The second-order valence-electron chi connectivity index (χ2n) is 4.32. The number of hydrogen-bond donors (Lipinski definition) is 1. The van der Waals surface area contributed by atoms with Gasteiger partial charge in [0, 0.05) is 26.7 Å². The van der Waals surface area contributed by atoms with Gasteiger partial charge in [0.1, 0.15) is 0 Å². The molecule has 0 aromatic carbocycles. The Hall–Kier alpha value is -0.210. The van der Waals surface area contributed by atoms with Gasteiger partial charge in [-0.05, 0) is 12.8 Å². The van der Waals surface area contributed by atoms with E-state index in [4.69, 9.17) is 9.47 Å². The van der Waals surface area contributed by atoms with Crippen molar-refractivity contribution in [2.24, 2.45) is 0 Å². The Bertz CT molecular complexity index is 300. The summed E-state index contributed by atoms with van der Waals surface area (Å²) in [4.78, 5) is 0. The van der Waals surface area contributed by atoms with E-state index in [1.54, 1.807) is 7.11 Å².